The quantitative estimate of drug-likeness (QED) is 0.674. The van der Waals surface area contributed by atoms with Gasteiger partial charge >= 0.3 is 0 Å². The SMILES string of the molecule is O=C(NN=Cc1c(F)cccc1Cl)C(O)c1ccccc1. The molecule has 2 rings (SSSR count). The molecule has 2 aromatic rings. The van der Waals surface area contributed by atoms with Crippen LogP contribution in [0.1, 0.15) is 17.2 Å². The predicted octanol–water partition coefficient (Wildman–Crippen LogP) is 2.66. The molecule has 0 aliphatic heterocycles. The monoisotopic (exact) mass is 306 g/mol. The summed E-state index contributed by atoms with van der Waals surface area (Å²) in [6.07, 6.45) is -0.257. The summed E-state index contributed by atoms with van der Waals surface area (Å²) in [7, 11) is 0. The van der Waals surface area contributed by atoms with Crippen LogP contribution in [0.4, 0.5) is 4.39 Å². The molecule has 6 heteroatoms. The van der Waals surface area contributed by atoms with Crippen LogP contribution in [0.15, 0.2) is 53.6 Å². The van der Waals surface area contributed by atoms with Crippen molar-refractivity contribution in [3.8, 4) is 0 Å². The fourth-order valence-electron chi connectivity index (χ4n) is 1.64. The molecule has 2 N–H and O–H groups in total. The molecule has 0 spiro atoms. The summed E-state index contributed by atoms with van der Waals surface area (Å²) in [5.41, 5.74) is 2.64. The number of hydrogen-bond acceptors (Lipinski definition) is 3. The maximum Gasteiger partial charge on any atom is 0.273 e. The Kier molecular flexibility index (Phi) is 5.03. The number of benzene rings is 2. The molecule has 0 aliphatic rings. The fourth-order valence-corrected chi connectivity index (χ4v) is 1.85. The molecule has 4 nitrogen and oxygen atoms in total. The lowest BCUT2D eigenvalue weighted by molar-refractivity contribution is -0.129. The average molecular weight is 307 g/mol. The zero-order valence-corrected chi connectivity index (χ0v) is 11.6. The van der Waals surface area contributed by atoms with E-state index in [1.165, 1.54) is 18.2 Å². The highest BCUT2D eigenvalue weighted by Gasteiger charge is 2.16. The maximum absolute atomic E-state index is 13.5. The Balaban J connectivity index is 2.03. The molecule has 0 radical (unpaired) electrons. The second kappa shape index (κ2) is 6.97. The molecule has 21 heavy (non-hydrogen) atoms. The normalized spacial score (nSPS) is 12.3. The van der Waals surface area contributed by atoms with E-state index in [1.807, 2.05) is 0 Å². The Labute approximate surface area is 125 Å². The van der Waals surface area contributed by atoms with Gasteiger partial charge in [-0.05, 0) is 17.7 Å². The predicted molar refractivity (Wildman–Crippen MR) is 78.5 cm³/mol. The molecule has 0 saturated heterocycles. The molecule has 1 unspecified atom stereocenters. The summed E-state index contributed by atoms with van der Waals surface area (Å²) in [5, 5.41) is 13.6. The molecule has 108 valence electrons. The smallest absolute Gasteiger partial charge is 0.273 e. The van der Waals surface area contributed by atoms with Crippen LogP contribution in [0.3, 0.4) is 0 Å². The lowest BCUT2D eigenvalue weighted by Crippen LogP contribution is -2.25. The van der Waals surface area contributed by atoms with Gasteiger partial charge in [0.15, 0.2) is 6.10 Å². The number of carbonyl (C=O) groups excluding carboxylic acids is 1. The first-order chi connectivity index (χ1) is 10.1. The van der Waals surface area contributed by atoms with Crippen LogP contribution in [-0.4, -0.2) is 17.2 Å². The number of rotatable bonds is 4. The van der Waals surface area contributed by atoms with E-state index >= 15 is 0 Å². The number of aliphatic hydroxyl groups is 1. The second-order valence-corrected chi connectivity index (χ2v) is 4.59. The van der Waals surface area contributed by atoms with Crippen LogP contribution in [0.25, 0.3) is 0 Å². The van der Waals surface area contributed by atoms with Crippen LogP contribution >= 0.6 is 11.6 Å². The Morgan fingerprint density at radius 3 is 2.62 bits per heavy atom. The Morgan fingerprint density at radius 2 is 1.95 bits per heavy atom. The lowest BCUT2D eigenvalue weighted by atomic mass is 10.1. The van der Waals surface area contributed by atoms with Gasteiger partial charge in [-0.3, -0.25) is 4.79 Å². The van der Waals surface area contributed by atoms with E-state index in [0.717, 1.165) is 6.21 Å². The van der Waals surface area contributed by atoms with Gasteiger partial charge in [-0.15, -0.1) is 0 Å². The first-order valence-corrected chi connectivity index (χ1v) is 6.47. The molecule has 1 amide bonds. The van der Waals surface area contributed by atoms with Crippen LogP contribution in [0, 0.1) is 5.82 Å². The highest BCUT2D eigenvalue weighted by atomic mass is 35.5. The van der Waals surface area contributed by atoms with E-state index in [1.54, 1.807) is 30.3 Å². The summed E-state index contributed by atoms with van der Waals surface area (Å²) in [4.78, 5) is 11.7. The largest absolute Gasteiger partial charge is 0.378 e. The second-order valence-electron chi connectivity index (χ2n) is 4.18. The van der Waals surface area contributed by atoms with Gasteiger partial charge < -0.3 is 5.11 Å². The van der Waals surface area contributed by atoms with Crippen LogP contribution in [0.2, 0.25) is 5.02 Å². The number of hydrazone groups is 1. The first-order valence-electron chi connectivity index (χ1n) is 6.09. The standard InChI is InChI=1S/C15H12ClFN2O2/c16-12-7-4-8-13(17)11(12)9-18-19-15(21)14(20)10-5-2-1-3-6-10/h1-9,14,20H,(H,19,21). The molecule has 0 aliphatic carbocycles. The van der Waals surface area contributed by atoms with E-state index in [-0.39, 0.29) is 10.6 Å². The number of halogens is 2. The number of carbonyl (C=O) groups is 1. The van der Waals surface area contributed by atoms with Gasteiger partial charge in [-0.1, -0.05) is 48.0 Å². The molecule has 0 saturated carbocycles. The van der Waals surface area contributed by atoms with Crippen LogP contribution in [0.5, 0.6) is 0 Å². The zero-order chi connectivity index (χ0) is 15.2. The third-order valence-corrected chi connectivity index (χ3v) is 3.06. The van der Waals surface area contributed by atoms with Crippen molar-refractivity contribution >= 4 is 23.7 Å². The summed E-state index contributed by atoms with van der Waals surface area (Å²) >= 11 is 5.81. The highest BCUT2D eigenvalue weighted by Crippen LogP contribution is 2.16. The van der Waals surface area contributed by atoms with Crippen molar-refractivity contribution in [2.24, 2.45) is 5.10 Å². The topological polar surface area (TPSA) is 61.7 Å². The average Bonchev–Trinajstić information content (AvgIpc) is 2.50. The van der Waals surface area contributed by atoms with Crippen molar-refractivity contribution in [2.45, 2.75) is 6.10 Å². The van der Waals surface area contributed by atoms with Gasteiger partial charge in [-0.25, -0.2) is 9.82 Å². The van der Waals surface area contributed by atoms with Crippen molar-refractivity contribution in [2.75, 3.05) is 0 Å². The van der Waals surface area contributed by atoms with Crippen LogP contribution in [-0.2, 0) is 4.79 Å². The minimum atomic E-state index is -1.35. The minimum Gasteiger partial charge on any atom is -0.378 e. The third-order valence-electron chi connectivity index (χ3n) is 2.73. The number of nitrogens with zero attached hydrogens (tertiary/aromatic N) is 1. The van der Waals surface area contributed by atoms with E-state index in [2.05, 4.69) is 10.5 Å². The van der Waals surface area contributed by atoms with Crippen molar-refractivity contribution in [1.29, 1.82) is 0 Å². The van der Waals surface area contributed by atoms with Crippen molar-refractivity contribution < 1.29 is 14.3 Å². The van der Waals surface area contributed by atoms with E-state index in [9.17, 15) is 14.3 Å². The Hall–Kier alpha value is -2.24. The zero-order valence-electron chi connectivity index (χ0n) is 10.8. The molecule has 0 fully saturated rings. The summed E-state index contributed by atoms with van der Waals surface area (Å²) in [6.45, 7) is 0. The van der Waals surface area contributed by atoms with Gasteiger partial charge in [0.2, 0.25) is 0 Å². The summed E-state index contributed by atoms with van der Waals surface area (Å²) < 4.78 is 13.5. The molecule has 2 aromatic carbocycles. The molecule has 0 heterocycles. The summed E-state index contributed by atoms with van der Waals surface area (Å²) in [6, 6.07) is 12.6. The molecular formula is C15H12ClFN2O2. The van der Waals surface area contributed by atoms with Gasteiger partial charge in [0, 0.05) is 5.56 Å². The van der Waals surface area contributed by atoms with Gasteiger partial charge in [0.25, 0.3) is 5.91 Å². The minimum absolute atomic E-state index is 0.0636. The van der Waals surface area contributed by atoms with Crippen molar-refractivity contribution in [3.05, 3.63) is 70.5 Å². The van der Waals surface area contributed by atoms with Gasteiger partial charge in [0.05, 0.1) is 11.2 Å². The van der Waals surface area contributed by atoms with Gasteiger partial charge in [0.1, 0.15) is 5.82 Å². The number of hydrogen-bond donors (Lipinski definition) is 2. The molecular weight excluding hydrogens is 295 g/mol. The molecule has 0 aromatic heterocycles. The maximum atomic E-state index is 13.5. The first kappa shape index (κ1) is 15.2. The van der Waals surface area contributed by atoms with E-state index < -0.39 is 17.8 Å². The van der Waals surface area contributed by atoms with E-state index in [0.29, 0.717) is 5.56 Å². The fraction of sp³-hybridized carbons (Fsp3) is 0.0667. The van der Waals surface area contributed by atoms with Crippen molar-refractivity contribution in [3.63, 3.8) is 0 Å². The molecule has 1 atom stereocenters. The van der Waals surface area contributed by atoms with Gasteiger partial charge in [-0.2, -0.15) is 5.10 Å². The Bertz CT molecular complexity index is 642. The third kappa shape index (κ3) is 3.87. The lowest BCUT2D eigenvalue weighted by Gasteiger charge is -2.08. The number of amides is 1. The van der Waals surface area contributed by atoms with E-state index in [4.69, 9.17) is 11.6 Å². The van der Waals surface area contributed by atoms with Crippen LogP contribution < -0.4 is 5.43 Å². The number of nitrogens with one attached hydrogen (secondary N) is 1. The summed E-state index contributed by atoms with van der Waals surface area (Å²) in [5.74, 6) is -1.27. The highest BCUT2D eigenvalue weighted by molar-refractivity contribution is 6.33. The number of aliphatic hydroxyl groups excluding tert-OH is 1. The van der Waals surface area contributed by atoms with Crippen molar-refractivity contribution in [1.82, 2.24) is 5.43 Å². The Morgan fingerprint density at radius 1 is 1.24 bits per heavy atom. The molecule has 0 bridgehead atoms.